The minimum absolute atomic E-state index is 0.251. The Balaban J connectivity index is 1.24. The lowest BCUT2D eigenvalue weighted by molar-refractivity contribution is 0.208. The number of likely N-dealkylation sites (tertiary alicyclic amines) is 1. The lowest BCUT2D eigenvalue weighted by Gasteiger charge is -2.38. The van der Waals surface area contributed by atoms with Crippen molar-refractivity contribution >= 4 is 38.1 Å². The number of aromatic amines is 1. The molecule has 4 aromatic rings. The fraction of sp³-hybridized carbons (Fsp3) is 0.438. The first kappa shape index (κ1) is 28.5. The summed E-state index contributed by atoms with van der Waals surface area (Å²) in [4.78, 5) is 18.2. The third-order valence-corrected chi connectivity index (χ3v) is 10.8. The molecular weight excluding hydrogens is 548 g/mol. The largest absolute Gasteiger partial charge is 0.496 e. The number of nitrogens with zero attached hydrogens (tertiary/aromatic N) is 4. The van der Waals surface area contributed by atoms with Crippen molar-refractivity contribution in [3.05, 3.63) is 66.1 Å². The Morgan fingerprint density at radius 2 is 1.79 bits per heavy atom. The Labute approximate surface area is 248 Å². The highest BCUT2D eigenvalue weighted by molar-refractivity contribution is 7.92. The van der Waals surface area contributed by atoms with Gasteiger partial charge in [-0.15, -0.1) is 0 Å². The van der Waals surface area contributed by atoms with Gasteiger partial charge in [0, 0.05) is 49.1 Å². The maximum atomic E-state index is 13.1. The van der Waals surface area contributed by atoms with Gasteiger partial charge in [-0.2, -0.15) is 0 Å². The first-order valence-corrected chi connectivity index (χ1v) is 16.5. The fourth-order valence-corrected chi connectivity index (χ4v) is 7.41. The fourth-order valence-electron chi connectivity index (χ4n) is 6.20. The van der Waals surface area contributed by atoms with Gasteiger partial charge < -0.3 is 24.8 Å². The van der Waals surface area contributed by atoms with Crippen molar-refractivity contribution in [2.75, 3.05) is 43.5 Å². The topological polar surface area (TPSA) is 103 Å². The van der Waals surface area contributed by atoms with Crippen molar-refractivity contribution in [1.29, 1.82) is 0 Å². The molecule has 2 aliphatic rings. The van der Waals surface area contributed by atoms with Crippen LogP contribution in [-0.4, -0.2) is 72.9 Å². The van der Waals surface area contributed by atoms with Gasteiger partial charge in [-0.25, -0.2) is 18.4 Å². The molecule has 9 nitrogen and oxygen atoms in total. The summed E-state index contributed by atoms with van der Waals surface area (Å²) < 4.78 is 32.0. The lowest BCUT2D eigenvalue weighted by Crippen LogP contribution is -2.43. The zero-order chi connectivity index (χ0) is 29.3. The number of nitrogens with one attached hydrogen (secondary N) is 2. The predicted molar refractivity (Wildman–Crippen MR) is 168 cm³/mol. The summed E-state index contributed by atoms with van der Waals surface area (Å²) in [5, 5.41) is 2.75. The van der Waals surface area contributed by atoms with Crippen LogP contribution in [0, 0.1) is 0 Å². The lowest BCUT2D eigenvalue weighted by atomic mass is 10.0. The second-order valence-electron chi connectivity index (χ2n) is 11.6. The molecule has 2 aromatic heterocycles. The van der Waals surface area contributed by atoms with Crippen LogP contribution in [0.5, 0.6) is 5.75 Å². The molecule has 2 N–H and O–H groups in total. The van der Waals surface area contributed by atoms with Gasteiger partial charge in [0.05, 0.1) is 28.5 Å². The van der Waals surface area contributed by atoms with Gasteiger partial charge in [0.25, 0.3) is 0 Å². The Morgan fingerprint density at radius 1 is 1.02 bits per heavy atom. The average molecular weight is 589 g/mol. The summed E-state index contributed by atoms with van der Waals surface area (Å²) in [5.41, 5.74) is 4.14. The standard InChI is InChI=1S/C32H40N6O3S/c1-22(2)42(39,40)29-9-5-4-8-26(29)35-32-31-27(12-15-33-31)34-30(36-32)20-23-10-11-25(21-28(23)41-3)38-18-13-24(14-19-38)37-16-6-7-17-37/h4-5,8-12,15,21-22,24,33H,6-7,13-14,16-20H2,1-3H3,(H,34,35,36). The molecule has 6 rings (SSSR count). The first-order chi connectivity index (χ1) is 20.3. The Morgan fingerprint density at radius 3 is 2.52 bits per heavy atom. The minimum atomic E-state index is -3.50. The van der Waals surface area contributed by atoms with E-state index in [0.717, 1.165) is 35.4 Å². The van der Waals surface area contributed by atoms with Crippen molar-refractivity contribution in [3.8, 4) is 5.75 Å². The number of methoxy groups -OCH3 is 1. The molecule has 2 aromatic carbocycles. The highest BCUT2D eigenvalue weighted by atomic mass is 32.2. The summed E-state index contributed by atoms with van der Waals surface area (Å²) in [7, 11) is -1.79. The number of benzene rings is 2. The molecule has 0 aliphatic carbocycles. The number of hydrogen-bond donors (Lipinski definition) is 2. The summed E-state index contributed by atoms with van der Waals surface area (Å²) >= 11 is 0. The van der Waals surface area contributed by atoms with Crippen LogP contribution in [-0.2, 0) is 16.3 Å². The van der Waals surface area contributed by atoms with E-state index in [0.29, 0.717) is 29.8 Å². The first-order valence-electron chi connectivity index (χ1n) is 14.9. The molecule has 10 heteroatoms. The van der Waals surface area contributed by atoms with E-state index in [4.69, 9.17) is 14.7 Å². The predicted octanol–water partition coefficient (Wildman–Crippen LogP) is 5.55. The highest BCUT2D eigenvalue weighted by Crippen LogP contribution is 2.33. The molecule has 0 spiro atoms. The van der Waals surface area contributed by atoms with E-state index in [1.54, 1.807) is 39.2 Å². The van der Waals surface area contributed by atoms with Crippen LogP contribution in [0.4, 0.5) is 17.2 Å². The summed E-state index contributed by atoms with van der Waals surface area (Å²) in [6.07, 6.45) is 7.36. The van der Waals surface area contributed by atoms with Gasteiger partial charge in [0.2, 0.25) is 0 Å². The number of para-hydroxylation sites is 1. The van der Waals surface area contributed by atoms with Crippen molar-refractivity contribution in [3.63, 3.8) is 0 Å². The maximum absolute atomic E-state index is 13.1. The molecule has 222 valence electrons. The zero-order valence-corrected chi connectivity index (χ0v) is 25.5. The molecule has 2 fully saturated rings. The SMILES string of the molecule is COc1cc(N2CCC(N3CCCC3)CC2)ccc1Cc1nc(Nc2ccccc2S(=O)(=O)C(C)C)c2[nH]ccc2n1. The molecule has 0 bridgehead atoms. The number of aromatic nitrogens is 3. The maximum Gasteiger partial charge on any atom is 0.182 e. The van der Waals surface area contributed by atoms with Crippen molar-refractivity contribution < 1.29 is 13.2 Å². The van der Waals surface area contributed by atoms with Crippen molar-refractivity contribution in [2.45, 2.75) is 62.1 Å². The van der Waals surface area contributed by atoms with Crippen LogP contribution >= 0.6 is 0 Å². The van der Waals surface area contributed by atoms with Gasteiger partial charge in [-0.3, -0.25) is 0 Å². The molecule has 4 heterocycles. The normalized spacial score (nSPS) is 16.9. The molecule has 0 radical (unpaired) electrons. The van der Waals surface area contributed by atoms with Gasteiger partial charge in [-0.1, -0.05) is 18.2 Å². The number of H-pyrrole nitrogens is 1. The van der Waals surface area contributed by atoms with E-state index in [-0.39, 0.29) is 4.90 Å². The van der Waals surface area contributed by atoms with Crippen LogP contribution in [0.2, 0.25) is 0 Å². The Kier molecular flexibility index (Phi) is 8.09. The van der Waals surface area contributed by atoms with Gasteiger partial charge >= 0.3 is 0 Å². The Bertz CT molecular complexity index is 1650. The molecule has 2 saturated heterocycles. The number of hydrogen-bond acceptors (Lipinski definition) is 8. The number of anilines is 3. The van der Waals surface area contributed by atoms with Crippen molar-refractivity contribution in [1.82, 2.24) is 19.9 Å². The summed E-state index contributed by atoms with van der Waals surface area (Å²) in [6.45, 7) is 8.00. The summed E-state index contributed by atoms with van der Waals surface area (Å²) in [6, 6.07) is 16.0. The van der Waals surface area contributed by atoms with E-state index < -0.39 is 15.1 Å². The Hall–Kier alpha value is -3.63. The van der Waals surface area contributed by atoms with Crippen molar-refractivity contribution in [2.24, 2.45) is 0 Å². The van der Waals surface area contributed by atoms with E-state index in [9.17, 15) is 8.42 Å². The van der Waals surface area contributed by atoms with E-state index in [2.05, 4.69) is 38.3 Å². The zero-order valence-electron chi connectivity index (χ0n) is 24.6. The monoisotopic (exact) mass is 588 g/mol. The van der Waals surface area contributed by atoms with E-state index in [1.807, 2.05) is 18.3 Å². The molecule has 0 unspecified atom stereocenters. The highest BCUT2D eigenvalue weighted by Gasteiger charge is 2.27. The molecule has 0 saturated carbocycles. The third kappa shape index (κ3) is 5.70. The smallest absolute Gasteiger partial charge is 0.182 e. The van der Waals surface area contributed by atoms with E-state index in [1.165, 1.54) is 44.5 Å². The number of piperidine rings is 1. The molecule has 0 atom stereocenters. The van der Waals surface area contributed by atoms with Crippen LogP contribution in [0.3, 0.4) is 0 Å². The second kappa shape index (κ2) is 11.9. The second-order valence-corrected chi connectivity index (χ2v) is 14.0. The molecule has 2 aliphatic heterocycles. The number of fused-ring (bicyclic) bond motifs is 1. The minimum Gasteiger partial charge on any atom is -0.496 e. The number of rotatable bonds is 9. The quantitative estimate of drug-likeness (QED) is 0.263. The van der Waals surface area contributed by atoms with Crippen LogP contribution < -0.4 is 15.0 Å². The van der Waals surface area contributed by atoms with Crippen LogP contribution in [0.15, 0.2) is 59.6 Å². The van der Waals surface area contributed by atoms with Gasteiger partial charge in [0.15, 0.2) is 15.7 Å². The molecule has 42 heavy (non-hydrogen) atoms. The molecular formula is C32H40N6O3S. The third-order valence-electron chi connectivity index (χ3n) is 8.63. The number of ether oxygens (including phenoxy) is 1. The molecule has 0 amide bonds. The van der Waals surface area contributed by atoms with Crippen LogP contribution in [0.25, 0.3) is 11.0 Å². The van der Waals surface area contributed by atoms with Gasteiger partial charge in [0.1, 0.15) is 17.1 Å². The summed E-state index contributed by atoms with van der Waals surface area (Å²) in [5.74, 6) is 1.96. The van der Waals surface area contributed by atoms with E-state index >= 15 is 0 Å². The van der Waals surface area contributed by atoms with Crippen LogP contribution in [0.1, 0.15) is 50.9 Å². The number of sulfone groups is 1. The average Bonchev–Trinajstić information content (AvgIpc) is 3.71. The van der Waals surface area contributed by atoms with Gasteiger partial charge in [-0.05, 0) is 76.9 Å².